The van der Waals surface area contributed by atoms with Gasteiger partial charge in [-0.25, -0.2) is 0 Å². The standard InChI is InChI=1S/C30H35N3S/c1-21(2)19-31-30(34)32-20-22-17-27-25(23-9-5-3-6-10-23)13-15-33-16-14-26(28(18-22)29(27)33)24-11-7-4-8-12-24/h3-12,17-18,21,25-26H,13-16,19-20H2,1-2H3,(H2,31,32,34). The summed E-state index contributed by atoms with van der Waals surface area (Å²) in [7, 11) is 0. The highest BCUT2D eigenvalue weighted by Crippen LogP contribution is 2.48. The molecule has 0 aromatic heterocycles. The zero-order chi connectivity index (χ0) is 23.5. The van der Waals surface area contributed by atoms with Gasteiger partial charge in [0.2, 0.25) is 0 Å². The highest BCUT2D eigenvalue weighted by Gasteiger charge is 2.34. The van der Waals surface area contributed by atoms with E-state index in [0.29, 0.717) is 17.8 Å². The molecule has 2 N–H and O–H groups in total. The maximum atomic E-state index is 5.55. The number of rotatable bonds is 6. The van der Waals surface area contributed by atoms with Gasteiger partial charge in [0.25, 0.3) is 0 Å². The Kier molecular flexibility index (Phi) is 6.87. The van der Waals surface area contributed by atoms with Crippen LogP contribution in [-0.2, 0) is 6.54 Å². The number of thiocarbonyl (C=S) groups is 1. The first-order valence-corrected chi connectivity index (χ1v) is 13.0. The molecule has 3 aromatic carbocycles. The predicted octanol–water partition coefficient (Wildman–Crippen LogP) is 6.18. The summed E-state index contributed by atoms with van der Waals surface area (Å²) >= 11 is 5.55. The summed E-state index contributed by atoms with van der Waals surface area (Å²) in [6, 6.07) is 27.0. The summed E-state index contributed by atoms with van der Waals surface area (Å²) in [5, 5.41) is 7.54. The van der Waals surface area contributed by atoms with Crippen LogP contribution in [0.2, 0.25) is 0 Å². The van der Waals surface area contributed by atoms with Crippen LogP contribution < -0.4 is 15.5 Å². The van der Waals surface area contributed by atoms with E-state index in [2.05, 4.69) is 102 Å². The fraction of sp³-hybridized carbons (Fsp3) is 0.367. The number of nitrogens with zero attached hydrogens (tertiary/aromatic N) is 1. The summed E-state index contributed by atoms with van der Waals surface area (Å²) in [6.07, 6.45) is 2.33. The normalized spacial score (nSPS) is 19.0. The lowest BCUT2D eigenvalue weighted by Crippen LogP contribution is -2.38. The van der Waals surface area contributed by atoms with Gasteiger partial charge in [0.15, 0.2) is 5.11 Å². The Balaban J connectivity index is 1.53. The van der Waals surface area contributed by atoms with E-state index in [0.717, 1.165) is 44.1 Å². The van der Waals surface area contributed by atoms with Crippen LogP contribution in [0, 0.1) is 5.92 Å². The Morgan fingerprint density at radius 3 is 1.88 bits per heavy atom. The topological polar surface area (TPSA) is 27.3 Å². The van der Waals surface area contributed by atoms with Gasteiger partial charge < -0.3 is 15.5 Å². The average molecular weight is 470 g/mol. The van der Waals surface area contributed by atoms with Crippen LogP contribution in [0.5, 0.6) is 0 Å². The summed E-state index contributed by atoms with van der Waals surface area (Å²) in [4.78, 5) is 2.63. The van der Waals surface area contributed by atoms with Crippen molar-refractivity contribution < 1.29 is 0 Å². The highest BCUT2D eigenvalue weighted by atomic mass is 32.1. The number of nitrogens with one attached hydrogen (secondary N) is 2. The molecule has 3 aromatic rings. The van der Waals surface area contributed by atoms with E-state index in [1.165, 1.54) is 33.5 Å². The van der Waals surface area contributed by atoms with Crippen molar-refractivity contribution in [3.8, 4) is 0 Å². The van der Waals surface area contributed by atoms with Crippen LogP contribution in [0.15, 0.2) is 72.8 Å². The summed E-state index contributed by atoms with van der Waals surface area (Å²) in [6.45, 7) is 8.28. The zero-order valence-electron chi connectivity index (χ0n) is 20.3. The van der Waals surface area contributed by atoms with E-state index >= 15 is 0 Å². The number of hydrogen-bond donors (Lipinski definition) is 2. The number of anilines is 1. The lowest BCUT2D eigenvalue weighted by molar-refractivity contribution is 0.569. The van der Waals surface area contributed by atoms with Crippen LogP contribution in [0.25, 0.3) is 0 Å². The molecule has 4 heteroatoms. The van der Waals surface area contributed by atoms with Gasteiger partial charge in [-0.2, -0.15) is 0 Å². The molecule has 34 heavy (non-hydrogen) atoms. The molecule has 0 saturated heterocycles. The number of hydrogen-bond acceptors (Lipinski definition) is 2. The van der Waals surface area contributed by atoms with Crippen LogP contribution >= 0.6 is 12.2 Å². The van der Waals surface area contributed by atoms with Crippen molar-refractivity contribution in [3.05, 3.63) is 101 Å². The van der Waals surface area contributed by atoms with Crippen molar-refractivity contribution in [3.63, 3.8) is 0 Å². The maximum absolute atomic E-state index is 5.55. The second-order valence-electron chi connectivity index (χ2n) is 10.1. The van der Waals surface area contributed by atoms with Crippen molar-refractivity contribution in [2.45, 2.75) is 45.1 Å². The summed E-state index contributed by atoms with van der Waals surface area (Å²) in [5.41, 5.74) is 8.59. The average Bonchev–Trinajstić information content (AvgIpc) is 2.87. The van der Waals surface area contributed by atoms with Gasteiger partial charge in [0.1, 0.15) is 0 Å². The van der Waals surface area contributed by atoms with Crippen LogP contribution in [0.4, 0.5) is 5.69 Å². The van der Waals surface area contributed by atoms with E-state index in [9.17, 15) is 0 Å². The van der Waals surface area contributed by atoms with Gasteiger partial charge in [-0.15, -0.1) is 0 Å². The van der Waals surface area contributed by atoms with Crippen LogP contribution in [0.1, 0.15) is 66.3 Å². The molecule has 3 nitrogen and oxygen atoms in total. The van der Waals surface area contributed by atoms with Gasteiger partial charge in [0, 0.05) is 43.7 Å². The Morgan fingerprint density at radius 1 is 0.853 bits per heavy atom. The van der Waals surface area contributed by atoms with E-state index in [4.69, 9.17) is 12.2 Å². The summed E-state index contributed by atoms with van der Waals surface area (Å²) < 4.78 is 0. The fourth-order valence-electron chi connectivity index (χ4n) is 5.56. The molecule has 0 amide bonds. The molecule has 0 bridgehead atoms. The number of benzene rings is 3. The first-order chi connectivity index (χ1) is 16.6. The van der Waals surface area contributed by atoms with Gasteiger partial charge in [-0.1, -0.05) is 86.6 Å². The molecule has 0 aliphatic carbocycles. The van der Waals surface area contributed by atoms with Crippen LogP contribution in [-0.4, -0.2) is 24.7 Å². The third kappa shape index (κ3) is 4.83. The monoisotopic (exact) mass is 469 g/mol. The SMILES string of the molecule is CC(C)CNC(=S)NCc1cc2c3c(c1)C(c1ccccc1)CCN3CCC2c1ccccc1. The second kappa shape index (κ2) is 10.2. The van der Waals surface area contributed by atoms with Crippen molar-refractivity contribution in [2.24, 2.45) is 5.92 Å². The lowest BCUT2D eigenvalue weighted by atomic mass is 9.76. The first kappa shape index (κ1) is 22.9. The molecule has 5 rings (SSSR count). The maximum Gasteiger partial charge on any atom is 0.166 e. The van der Waals surface area contributed by atoms with Crippen LogP contribution in [0.3, 0.4) is 0 Å². The second-order valence-corrected chi connectivity index (χ2v) is 10.5. The third-order valence-corrected chi connectivity index (χ3v) is 7.49. The molecular weight excluding hydrogens is 434 g/mol. The van der Waals surface area contributed by atoms with Gasteiger partial charge >= 0.3 is 0 Å². The molecule has 2 aliphatic heterocycles. The third-order valence-electron chi connectivity index (χ3n) is 7.20. The van der Waals surface area contributed by atoms with Gasteiger partial charge in [0.05, 0.1) is 0 Å². The largest absolute Gasteiger partial charge is 0.371 e. The Labute approximate surface area is 209 Å². The first-order valence-electron chi connectivity index (χ1n) is 12.6. The van der Waals surface area contributed by atoms with Gasteiger partial charge in [-0.05, 0) is 58.8 Å². The molecule has 2 aliphatic rings. The Morgan fingerprint density at radius 2 is 1.38 bits per heavy atom. The minimum absolute atomic E-state index is 0.437. The quantitative estimate of drug-likeness (QED) is 0.421. The van der Waals surface area contributed by atoms with E-state index in [-0.39, 0.29) is 0 Å². The smallest absolute Gasteiger partial charge is 0.166 e. The zero-order valence-corrected chi connectivity index (χ0v) is 21.1. The summed E-state index contributed by atoms with van der Waals surface area (Å²) in [5.74, 6) is 1.44. The van der Waals surface area contributed by atoms with E-state index < -0.39 is 0 Å². The lowest BCUT2D eigenvalue weighted by Gasteiger charge is -2.43. The fourth-order valence-corrected chi connectivity index (χ4v) is 5.72. The Bertz CT molecular complexity index is 1050. The Hall–Kier alpha value is -2.85. The molecule has 0 fully saturated rings. The molecule has 2 unspecified atom stereocenters. The van der Waals surface area contributed by atoms with E-state index in [1.807, 2.05) is 0 Å². The highest BCUT2D eigenvalue weighted by molar-refractivity contribution is 7.80. The molecular formula is C30H35N3S. The molecule has 2 heterocycles. The van der Waals surface area contributed by atoms with Crippen molar-refractivity contribution >= 4 is 23.0 Å². The minimum Gasteiger partial charge on any atom is -0.371 e. The van der Waals surface area contributed by atoms with Crippen molar-refractivity contribution in [2.75, 3.05) is 24.5 Å². The molecule has 176 valence electrons. The predicted molar refractivity (Wildman–Crippen MR) is 147 cm³/mol. The molecule has 0 saturated carbocycles. The van der Waals surface area contributed by atoms with E-state index in [1.54, 1.807) is 0 Å². The molecule has 0 spiro atoms. The minimum atomic E-state index is 0.437. The van der Waals surface area contributed by atoms with Crippen molar-refractivity contribution in [1.82, 2.24) is 10.6 Å². The van der Waals surface area contributed by atoms with Crippen molar-refractivity contribution in [1.29, 1.82) is 0 Å². The van der Waals surface area contributed by atoms with Gasteiger partial charge in [-0.3, -0.25) is 0 Å². The molecule has 2 atom stereocenters. The molecule has 0 radical (unpaired) electrons.